The zero-order chi connectivity index (χ0) is 11.4. The second-order valence-corrected chi connectivity index (χ2v) is 5.96. The molecule has 2 nitrogen and oxygen atoms in total. The molecule has 2 unspecified atom stereocenters. The molecule has 0 amide bonds. The van der Waals surface area contributed by atoms with Crippen LogP contribution in [0.5, 0.6) is 0 Å². The molecule has 0 spiro atoms. The first-order valence-corrected chi connectivity index (χ1v) is 7.24. The summed E-state index contributed by atoms with van der Waals surface area (Å²) < 4.78 is 4.75. The Balaban J connectivity index is 2.05. The van der Waals surface area contributed by atoms with E-state index >= 15 is 0 Å². The van der Waals surface area contributed by atoms with Crippen LogP contribution in [0.25, 0.3) is 0 Å². The van der Waals surface area contributed by atoms with Crippen molar-refractivity contribution in [3.8, 4) is 0 Å². The number of nitrogens with zero attached hydrogens (tertiary/aromatic N) is 2. The predicted octanol–water partition coefficient (Wildman–Crippen LogP) is 3.50. The third kappa shape index (κ3) is 2.82. The third-order valence-corrected chi connectivity index (χ3v) is 4.41. The summed E-state index contributed by atoms with van der Waals surface area (Å²) in [7, 11) is 0. The van der Waals surface area contributed by atoms with Crippen molar-refractivity contribution in [3.63, 3.8) is 0 Å². The van der Waals surface area contributed by atoms with Crippen molar-refractivity contribution in [1.29, 1.82) is 0 Å². The monoisotopic (exact) mass is 238 g/mol. The summed E-state index contributed by atoms with van der Waals surface area (Å²) in [5, 5.41) is 0.618. The molecule has 0 aliphatic carbocycles. The summed E-state index contributed by atoms with van der Waals surface area (Å²) in [6.45, 7) is 8.52. The molecular formula is C13H22N2S. The first-order chi connectivity index (χ1) is 7.81. The lowest BCUT2D eigenvalue weighted by Gasteiger charge is -2.36. The van der Waals surface area contributed by atoms with Gasteiger partial charge < -0.3 is 4.90 Å². The van der Waals surface area contributed by atoms with Crippen molar-refractivity contribution < 1.29 is 0 Å². The molecule has 0 radical (unpaired) electrons. The van der Waals surface area contributed by atoms with Crippen LogP contribution < -0.4 is 0 Å². The van der Waals surface area contributed by atoms with Crippen molar-refractivity contribution in [2.45, 2.75) is 44.3 Å². The Kier molecular flexibility index (Phi) is 4.33. The third-order valence-electron chi connectivity index (χ3n) is 3.48. The molecule has 2 rings (SSSR count). The maximum atomic E-state index is 4.75. The maximum Gasteiger partial charge on any atom is 0.115 e. The molecular weight excluding hydrogens is 216 g/mol. The quantitative estimate of drug-likeness (QED) is 0.540. The molecule has 0 bridgehead atoms. The van der Waals surface area contributed by atoms with Crippen LogP contribution in [0.1, 0.15) is 39.0 Å². The lowest BCUT2D eigenvalue weighted by Crippen LogP contribution is -2.43. The minimum Gasteiger partial charge on any atom is -0.358 e. The van der Waals surface area contributed by atoms with Gasteiger partial charge in [0, 0.05) is 24.3 Å². The van der Waals surface area contributed by atoms with Crippen molar-refractivity contribution in [3.05, 3.63) is 12.7 Å². The molecule has 2 aliphatic heterocycles. The smallest absolute Gasteiger partial charge is 0.115 e. The normalized spacial score (nSPS) is 31.1. The molecule has 90 valence electrons. The lowest BCUT2D eigenvalue weighted by atomic mass is 9.98. The van der Waals surface area contributed by atoms with Crippen molar-refractivity contribution >= 4 is 17.8 Å². The summed E-state index contributed by atoms with van der Waals surface area (Å²) in [4.78, 5) is 2.52. The van der Waals surface area contributed by atoms with Gasteiger partial charge in [-0.2, -0.15) is 0 Å². The van der Waals surface area contributed by atoms with E-state index in [9.17, 15) is 0 Å². The second-order valence-electron chi connectivity index (χ2n) is 4.90. The van der Waals surface area contributed by atoms with Crippen LogP contribution in [0, 0.1) is 5.92 Å². The van der Waals surface area contributed by atoms with Gasteiger partial charge in [0.1, 0.15) is 5.84 Å². The highest BCUT2D eigenvalue weighted by molar-refractivity contribution is 7.98. The Morgan fingerprint density at radius 3 is 3.19 bits per heavy atom. The molecule has 0 aromatic rings. The highest BCUT2D eigenvalue weighted by atomic mass is 32.2. The van der Waals surface area contributed by atoms with Crippen molar-refractivity contribution in [1.82, 2.24) is 4.90 Å². The molecule has 16 heavy (non-hydrogen) atoms. The van der Waals surface area contributed by atoms with Gasteiger partial charge in [-0.3, -0.25) is 0 Å². The summed E-state index contributed by atoms with van der Waals surface area (Å²) in [5.41, 5.74) is 0. The first-order valence-electron chi connectivity index (χ1n) is 6.41. The van der Waals surface area contributed by atoms with Gasteiger partial charge in [0.2, 0.25) is 0 Å². The number of hydrogen-bond acceptors (Lipinski definition) is 3. The predicted molar refractivity (Wildman–Crippen MR) is 72.8 cm³/mol. The van der Waals surface area contributed by atoms with Gasteiger partial charge in [0.05, 0.1) is 0 Å². The number of rotatable bonds is 2. The van der Waals surface area contributed by atoms with E-state index in [1.165, 1.54) is 44.6 Å². The number of amidine groups is 1. The lowest BCUT2D eigenvalue weighted by molar-refractivity contribution is 0.353. The number of allylic oxidation sites excluding steroid dienone is 1. The van der Waals surface area contributed by atoms with Gasteiger partial charge >= 0.3 is 0 Å². The van der Waals surface area contributed by atoms with Gasteiger partial charge in [-0.05, 0) is 31.2 Å². The summed E-state index contributed by atoms with van der Waals surface area (Å²) in [5.74, 6) is 2.00. The molecule has 2 atom stereocenters. The summed E-state index contributed by atoms with van der Waals surface area (Å²) >= 11 is 1.77. The van der Waals surface area contributed by atoms with E-state index in [-0.39, 0.29) is 0 Å². The van der Waals surface area contributed by atoms with E-state index in [0.717, 1.165) is 6.42 Å². The van der Waals surface area contributed by atoms with E-state index in [0.29, 0.717) is 11.2 Å². The Morgan fingerprint density at radius 2 is 2.38 bits per heavy atom. The molecule has 0 saturated carbocycles. The van der Waals surface area contributed by atoms with Gasteiger partial charge in [0.15, 0.2) is 0 Å². The van der Waals surface area contributed by atoms with Crippen LogP contribution in [0.15, 0.2) is 17.1 Å². The Hall–Kier alpha value is -0.440. The van der Waals surface area contributed by atoms with Crippen LogP contribution in [-0.2, 0) is 0 Å². The Bertz CT molecular complexity index is 275. The first kappa shape index (κ1) is 12.0. The van der Waals surface area contributed by atoms with Crippen LogP contribution in [-0.4, -0.2) is 29.1 Å². The van der Waals surface area contributed by atoms with Gasteiger partial charge in [-0.25, -0.2) is 4.40 Å². The fourth-order valence-electron chi connectivity index (χ4n) is 2.53. The second kappa shape index (κ2) is 5.76. The minimum absolute atomic E-state index is 0.618. The van der Waals surface area contributed by atoms with Crippen LogP contribution in [0.3, 0.4) is 0 Å². The minimum atomic E-state index is 0.618. The highest BCUT2D eigenvalue weighted by Crippen LogP contribution is 2.29. The standard InChI is InChI=1S/C13H22N2S/c1-3-7-12-10-15-9-6-4-5-8-11(2)13(15)14-16-12/h3,11-12H,1,4-10H2,2H3. The number of hydrogen-bond donors (Lipinski definition) is 0. The molecule has 0 N–H and O–H groups in total. The highest BCUT2D eigenvalue weighted by Gasteiger charge is 2.26. The molecule has 3 heteroatoms. The number of fused-ring (bicyclic) bond motifs is 1. The van der Waals surface area contributed by atoms with E-state index in [2.05, 4.69) is 18.4 Å². The maximum absolute atomic E-state index is 4.75. The fourth-order valence-corrected chi connectivity index (χ4v) is 3.55. The van der Waals surface area contributed by atoms with Gasteiger partial charge in [-0.15, -0.1) is 6.58 Å². The van der Waals surface area contributed by atoms with E-state index in [1.54, 1.807) is 11.9 Å². The van der Waals surface area contributed by atoms with E-state index < -0.39 is 0 Å². The molecule has 2 aliphatic rings. The van der Waals surface area contributed by atoms with Crippen LogP contribution >= 0.6 is 11.9 Å². The van der Waals surface area contributed by atoms with E-state index in [1.807, 2.05) is 6.08 Å². The molecule has 0 aromatic carbocycles. The van der Waals surface area contributed by atoms with Crippen molar-refractivity contribution in [2.24, 2.45) is 10.3 Å². The average molecular weight is 238 g/mol. The Morgan fingerprint density at radius 1 is 1.50 bits per heavy atom. The van der Waals surface area contributed by atoms with E-state index in [4.69, 9.17) is 4.40 Å². The molecule has 0 aromatic heterocycles. The van der Waals surface area contributed by atoms with Gasteiger partial charge in [0.25, 0.3) is 0 Å². The summed E-state index contributed by atoms with van der Waals surface area (Å²) in [6.07, 6.45) is 8.49. The van der Waals surface area contributed by atoms with Crippen molar-refractivity contribution in [2.75, 3.05) is 13.1 Å². The SMILES string of the molecule is C=CCC1CN2CCCCCC(C)C2=NS1. The average Bonchev–Trinajstić information content (AvgIpc) is 2.26. The molecule has 1 saturated heterocycles. The molecule has 1 fully saturated rings. The summed E-state index contributed by atoms with van der Waals surface area (Å²) in [6, 6.07) is 0. The molecule has 2 heterocycles. The van der Waals surface area contributed by atoms with Gasteiger partial charge in [-0.1, -0.05) is 25.8 Å². The van der Waals surface area contributed by atoms with Crippen LogP contribution in [0.2, 0.25) is 0 Å². The Labute approximate surface area is 103 Å². The zero-order valence-corrected chi connectivity index (χ0v) is 11.0. The topological polar surface area (TPSA) is 15.6 Å². The van der Waals surface area contributed by atoms with Crippen LogP contribution in [0.4, 0.5) is 0 Å². The fraction of sp³-hybridized carbons (Fsp3) is 0.769. The zero-order valence-electron chi connectivity index (χ0n) is 10.2. The largest absolute Gasteiger partial charge is 0.358 e.